The molecule has 3 N–H and O–H groups in total. The second-order valence-corrected chi connectivity index (χ2v) is 4.80. The molecule has 0 aliphatic heterocycles. The Labute approximate surface area is 102 Å². The molecule has 5 nitrogen and oxygen atoms in total. The molecule has 1 aliphatic rings. The van der Waals surface area contributed by atoms with E-state index >= 15 is 0 Å². The SMILES string of the molecule is CCNC(C)CC(=O)NC(CC1CC1)C(=O)O. The Balaban J connectivity index is 2.32. The first-order valence-electron chi connectivity index (χ1n) is 6.28. The van der Waals surface area contributed by atoms with Crippen molar-refractivity contribution in [3.63, 3.8) is 0 Å². The van der Waals surface area contributed by atoms with Gasteiger partial charge >= 0.3 is 5.97 Å². The van der Waals surface area contributed by atoms with Crippen LogP contribution in [-0.4, -0.2) is 35.6 Å². The zero-order chi connectivity index (χ0) is 12.8. The van der Waals surface area contributed by atoms with Gasteiger partial charge in [0.1, 0.15) is 6.04 Å². The fourth-order valence-corrected chi connectivity index (χ4v) is 1.86. The molecule has 0 aromatic carbocycles. The van der Waals surface area contributed by atoms with Crippen molar-refractivity contribution in [3.05, 3.63) is 0 Å². The fraction of sp³-hybridized carbons (Fsp3) is 0.833. The molecule has 2 unspecified atom stereocenters. The highest BCUT2D eigenvalue weighted by Gasteiger charge is 2.30. The lowest BCUT2D eigenvalue weighted by molar-refractivity contribution is -0.142. The molecule has 1 amide bonds. The van der Waals surface area contributed by atoms with Gasteiger partial charge in [-0.15, -0.1) is 0 Å². The van der Waals surface area contributed by atoms with Crippen molar-refractivity contribution in [2.75, 3.05) is 6.54 Å². The average Bonchev–Trinajstić information content (AvgIpc) is 3.00. The molecule has 0 bridgehead atoms. The quantitative estimate of drug-likeness (QED) is 0.586. The number of hydrogen-bond donors (Lipinski definition) is 3. The van der Waals surface area contributed by atoms with Gasteiger partial charge < -0.3 is 15.7 Å². The van der Waals surface area contributed by atoms with Crippen molar-refractivity contribution in [2.24, 2.45) is 5.92 Å². The highest BCUT2D eigenvalue weighted by molar-refractivity contribution is 5.83. The van der Waals surface area contributed by atoms with E-state index in [1.54, 1.807) is 0 Å². The molecule has 0 heterocycles. The summed E-state index contributed by atoms with van der Waals surface area (Å²) in [4.78, 5) is 22.6. The van der Waals surface area contributed by atoms with Gasteiger partial charge in [0.25, 0.3) is 0 Å². The van der Waals surface area contributed by atoms with Crippen molar-refractivity contribution < 1.29 is 14.7 Å². The fourth-order valence-electron chi connectivity index (χ4n) is 1.86. The van der Waals surface area contributed by atoms with E-state index in [9.17, 15) is 9.59 Å². The molecule has 1 aliphatic carbocycles. The topological polar surface area (TPSA) is 78.4 Å². The predicted octanol–water partition coefficient (Wildman–Crippen LogP) is 0.744. The van der Waals surface area contributed by atoms with Crippen LogP contribution in [-0.2, 0) is 9.59 Å². The second kappa shape index (κ2) is 6.59. The minimum atomic E-state index is -0.929. The van der Waals surface area contributed by atoms with Crippen molar-refractivity contribution >= 4 is 11.9 Å². The summed E-state index contributed by atoms with van der Waals surface area (Å²) < 4.78 is 0. The van der Waals surface area contributed by atoms with Gasteiger partial charge in [-0.25, -0.2) is 4.79 Å². The van der Waals surface area contributed by atoms with Crippen molar-refractivity contribution in [1.29, 1.82) is 0 Å². The van der Waals surface area contributed by atoms with E-state index < -0.39 is 12.0 Å². The number of carbonyl (C=O) groups excluding carboxylic acids is 1. The highest BCUT2D eigenvalue weighted by Crippen LogP contribution is 2.33. The molecule has 2 atom stereocenters. The maximum absolute atomic E-state index is 11.6. The third-order valence-electron chi connectivity index (χ3n) is 2.94. The largest absolute Gasteiger partial charge is 0.480 e. The van der Waals surface area contributed by atoms with Crippen LogP contribution in [0.4, 0.5) is 0 Å². The molecule has 0 saturated heterocycles. The summed E-state index contributed by atoms with van der Waals surface area (Å²) in [6, 6.07) is -0.640. The minimum absolute atomic E-state index is 0.0790. The summed E-state index contributed by atoms with van der Waals surface area (Å²) in [6.07, 6.45) is 3.07. The van der Waals surface area contributed by atoms with E-state index in [1.165, 1.54) is 0 Å². The van der Waals surface area contributed by atoms with Crippen molar-refractivity contribution in [1.82, 2.24) is 10.6 Å². The molecule has 5 heteroatoms. The van der Waals surface area contributed by atoms with Crippen LogP contribution in [0.3, 0.4) is 0 Å². The molecule has 0 spiro atoms. The third-order valence-corrected chi connectivity index (χ3v) is 2.94. The van der Waals surface area contributed by atoms with Gasteiger partial charge in [-0.3, -0.25) is 4.79 Å². The van der Waals surface area contributed by atoms with Gasteiger partial charge in [-0.05, 0) is 25.8 Å². The van der Waals surface area contributed by atoms with E-state index in [0.717, 1.165) is 19.4 Å². The Morgan fingerprint density at radius 1 is 1.41 bits per heavy atom. The Morgan fingerprint density at radius 3 is 2.53 bits per heavy atom. The summed E-state index contributed by atoms with van der Waals surface area (Å²) in [5.74, 6) is -0.629. The van der Waals surface area contributed by atoms with Crippen LogP contribution >= 0.6 is 0 Å². The zero-order valence-corrected chi connectivity index (χ0v) is 10.5. The smallest absolute Gasteiger partial charge is 0.326 e. The number of carboxylic acids is 1. The molecule has 17 heavy (non-hydrogen) atoms. The zero-order valence-electron chi connectivity index (χ0n) is 10.5. The number of carboxylic acid groups (broad SMARTS) is 1. The number of nitrogens with one attached hydrogen (secondary N) is 2. The number of rotatable bonds is 8. The summed E-state index contributed by atoms with van der Waals surface area (Å²) in [7, 11) is 0. The van der Waals surface area contributed by atoms with E-state index in [0.29, 0.717) is 18.8 Å². The number of aliphatic carboxylic acids is 1. The molecule has 0 radical (unpaired) electrons. The lowest BCUT2D eigenvalue weighted by Crippen LogP contribution is -2.43. The van der Waals surface area contributed by atoms with E-state index in [2.05, 4.69) is 10.6 Å². The van der Waals surface area contributed by atoms with Gasteiger partial charge in [-0.1, -0.05) is 19.8 Å². The van der Waals surface area contributed by atoms with Crippen LogP contribution in [0, 0.1) is 5.92 Å². The number of carbonyl (C=O) groups is 2. The first-order chi connectivity index (χ1) is 8.02. The molecule has 1 saturated carbocycles. The van der Waals surface area contributed by atoms with E-state index in [4.69, 9.17) is 5.11 Å². The number of amides is 1. The van der Waals surface area contributed by atoms with Gasteiger partial charge in [-0.2, -0.15) is 0 Å². The van der Waals surface area contributed by atoms with Crippen LogP contribution < -0.4 is 10.6 Å². The molecule has 0 aromatic rings. The summed E-state index contributed by atoms with van der Waals surface area (Å²) in [6.45, 7) is 4.69. The van der Waals surface area contributed by atoms with E-state index in [-0.39, 0.29) is 11.9 Å². The van der Waals surface area contributed by atoms with Gasteiger partial charge in [0.15, 0.2) is 0 Å². The Kier molecular flexibility index (Phi) is 5.41. The highest BCUT2D eigenvalue weighted by atomic mass is 16.4. The lowest BCUT2D eigenvalue weighted by Gasteiger charge is -2.16. The van der Waals surface area contributed by atoms with Crippen molar-refractivity contribution in [3.8, 4) is 0 Å². The maximum atomic E-state index is 11.6. The molecule has 1 fully saturated rings. The Bertz CT molecular complexity index is 277. The van der Waals surface area contributed by atoms with Gasteiger partial charge in [0, 0.05) is 12.5 Å². The monoisotopic (exact) mass is 242 g/mol. The molecular formula is C12H22N2O3. The Hall–Kier alpha value is -1.10. The van der Waals surface area contributed by atoms with Crippen LogP contribution in [0.25, 0.3) is 0 Å². The molecule has 0 aromatic heterocycles. The Morgan fingerprint density at radius 2 is 2.06 bits per heavy atom. The van der Waals surface area contributed by atoms with Crippen LogP contribution in [0.1, 0.15) is 39.5 Å². The standard InChI is InChI=1S/C12H22N2O3/c1-3-13-8(2)6-11(15)14-10(12(16)17)7-9-4-5-9/h8-10,13H,3-7H2,1-2H3,(H,14,15)(H,16,17). The normalized spacial score (nSPS) is 18.5. The predicted molar refractivity (Wildman–Crippen MR) is 64.7 cm³/mol. The first-order valence-corrected chi connectivity index (χ1v) is 6.28. The van der Waals surface area contributed by atoms with Crippen LogP contribution in [0.2, 0.25) is 0 Å². The van der Waals surface area contributed by atoms with Gasteiger partial charge in [0.2, 0.25) is 5.91 Å². The lowest BCUT2D eigenvalue weighted by atomic mass is 10.1. The molecule has 1 rings (SSSR count). The summed E-state index contributed by atoms with van der Waals surface area (Å²) in [5, 5.41) is 14.7. The first kappa shape index (κ1) is 14.0. The maximum Gasteiger partial charge on any atom is 0.326 e. The number of hydrogen-bond acceptors (Lipinski definition) is 3. The second-order valence-electron chi connectivity index (χ2n) is 4.80. The van der Waals surface area contributed by atoms with Gasteiger partial charge in [0.05, 0.1) is 0 Å². The molecular weight excluding hydrogens is 220 g/mol. The van der Waals surface area contributed by atoms with Crippen molar-refractivity contribution in [2.45, 2.75) is 51.6 Å². The summed E-state index contributed by atoms with van der Waals surface area (Å²) >= 11 is 0. The third kappa shape index (κ3) is 5.68. The molecule has 98 valence electrons. The summed E-state index contributed by atoms with van der Waals surface area (Å²) in [5.41, 5.74) is 0. The average molecular weight is 242 g/mol. The minimum Gasteiger partial charge on any atom is -0.480 e. The van der Waals surface area contributed by atoms with Crippen LogP contribution in [0.5, 0.6) is 0 Å². The van der Waals surface area contributed by atoms with E-state index in [1.807, 2.05) is 13.8 Å². The van der Waals surface area contributed by atoms with Crippen LogP contribution in [0.15, 0.2) is 0 Å².